The highest BCUT2D eigenvalue weighted by molar-refractivity contribution is 7.00. The maximum Gasteiger partial charge on any atom is 0.252 e. The van der Waals surface area contributed by atoms with Gasteiger partial charge in [-0.25, -0.2) is 0 Å². The first-order valence-electron chi connectivity index (χ1n) is 18.8. The summed E-state index contributed by atoms with van der Waals surface area (Å²) in [5.74, 6) is 1.69. The first-order chi connectivity index (χ1) is 22.7. The lowest BCUT2D eigenvalue weighted by Crippen LogP contribution is -2.65. The van der Waals surface area contributed by atoms with Crippen molar-refractivity contribution in [3.05, 3.63) is 95.1 Å². The summed E-state index contributed by atoms with van der Waals surface area (Å²) >= 11 is 0. The Kier molecular flexibility index (Phi) is 6.27. The maximum atomic E-state index is 2.90. The molecule has 0 N–H and O–H groups in total. The molecule has 48 heavy (non-hydrogen) atoms. The van der Waals surface area contributed by atoms with Gasteiger partial charge in [0.1, 0.15) is 0 Å². The van der Waals surface area contributed by atoms with Crippen molar-refractivity contribution in [2.24, 2.45) is 11.8 Å². The van der Waals surface area contributed by atoms with E-state index in [1.54, 1.807) is 5.56 Å². The monoisotopic (exact) mass is 632 g/mol. The van der Waals surface area contributed by atoms with Gasteiger partial charge in [0.2, 0.25) is 0 Å². The summed E-state index contributed by atoms with van der Waals surface area (Å²) in [6.45, 7) is 21.9. The van der Waals surface area contributed by atoms with Crippen molar-refractivity contribution in [3.8, 4) is 0 Å². The van der Waals surface area contributed by atoms with Crippen LogP contribution >= 0.6 is 0 Å². The van der Waals surface area contributed by atoms with E-state index >= 15 is 0 Å². The fourth-order valence-corrected chi connectivity index (χ4v) is 11.0. The van der Waals surface area contributed by atoms with E-state index in [4.69, 9.17) is 0 Å². The lowest BCUT2D eigenvalue weighted by Gasteiger charge is -2.57. The Labute approximate surface area is 290 Å². The van der Waals surface area contributed by atoms with Crippen molar-refractivity contribution in [1.29, 1.82) is 0 Å². The van der Waals surface area contributed by atoms with Crippen LogP contribution in [0.3, 0.4) is 0 Å². The molecule has 0 aromatic heterocycles. The van der Waals surface area contributed by atoms with Gasteiger partial charge in [-0.1, -0.05) is 122 Å². The van der Waals surface area contributed by atoms with E-state index in [1.807, 2.05) is 0 Å². The van der Waals surface area contributed by atoms with Crippen LogP contribution in [0.15, 0.2) is 72.8 Å². The van der Waals surface area contributed by atoms with Crippen molar-refractivity contribution < 1.29 is 0 Å². The molecule has 2 nitrogen and oxygen atoms in total. The Balaban J connectivity index is 1.33. The average molecular weight is 633 g/mol. The van der Waals surface area contributed by atoms with Crippen molar-refractivity contribution in [2.45, 2.75) is 123 Å². The Morgan fingerprint density at radius 1 is 0.688 bits per heavy atom. The molecule has 0 bridgehead atoms. The number of rotatable bonds is 1. The number of hydrogen-bond donors (Lipinski definition) is 0. The van der Waals surface area contributed by atoms with Gasteiger partial charge in [0.05, 0.1) is 5.54 Å². The summed E-state index contributed by atoms with van der Waals surface area (Å²) in [6.07, 6.45) is 8.25. The van der Waals surface area contributed by atoms with Gasteiger partial charge >= 0.3 is 0 Å². The second-order valence-electron chi connectivity index (χ2n) is 18.7. The zero-order valence-electron chi connectivity index (χ0n) is 30.8. The summed E-state index contributed by atoms with van der Waals surface area (Å²) in [4.78, 5) is 5.48. The Bertz CT molecular complexity index is 1980. The third kappa shape index (κ3) is 4.00. The lowest BCUT2D eigenvalue weighted by molar-refractivity contribution is 0.0581. The predicted molar refractivity (Wildman–Crippen MR) is 207 cm³/mol. The van der Waals surface area contributed by atoms with Gasteiger partial charge in [-0.15, -0.1) is 0 Å². The molecule has 4 aromatic carbocycles. The largest absolute Gasteiger partial charge is 0.335 e. The summed E-state index contributed by atoms with van der Waals surface area (Å²) < 4.78 is 0. The molecule has 3 aliphatic heterocycles. The molecular formula is C45H53BN2. The first-order valence-corrected chi connectivity index (χ1v) is 18.8. The fraction of sp³-hybridized carbons (Fsp3) is 0.467. The molecule has 246 valence electrons. The predicted octanol–water partition coefficient (Wildman–Crippen LogP) is 9.97. The number of anilines is 5. The summed E-state index contributed by atoms with van der Waals surface area (Å²) in [5, 5.41) is 0. The van der Waals surface area contributed by atoms with Crippen LogP contribution in [0, 0.1) is 18.8 Å². The maximum absolute atomic E-state index is 2.90. The molecule has 2 aliphatic carbocycles. The van der Waals surface area contributed by atoms with Gasteiger partial charge in [0.25, 0.3) is 6.71 Å². The molecule has 0 amide bonds. The van der Waals surface area contributed by atoms with Gasteiger partial charge in [0.15, 0.2) is 0 Å². The fourth-order valence-electron chi connectivity index (χ4n) is 11.0. The zero-order valence-corrected chi connectivity index (χ0v) is 30.8. The van der Waals surface area contributed by atoms with Gasteiger partial charge in [-0.05, 0) is 113 Å². The van der Waals surface area contributed by atoms with E-state index in [1.165, 1.54) is 100 Å². The first kappa shape index (κ1) is 30.6. The SMILES string of the molecule is Cc1cc2c3c(c1)C1(C)CC4CCCCC4CC1(C)N3c1cccc3c1B2c1cc(C(C)(C)C)ccc1N3c1ccc(C(C)(C)C)cc1. The minimum absolute atomic E-state index is 0.0448. The molecule has 0 radical (unpaired) electrons. The second kappa shape index (κ2) is 9.83. The standard InChI is InChI=1S/C45H53BN2/c1-28-23-34-41-36(24-28)46-35-25-32(43(5,6)7)19-22-37(35)47(33-20-17-31(18-21-33)42(2,3)4)38-15-12-16-39(40(38)46)48(41)45(9)27-30-14-11-10-13-29(30)26-44(34,45)8/h12,15-25,29-30H,10-11,13-14,26-27H2,1-9H3. The van der Waals surface area contributed by atoms with Crippen LogP contribution in [0.25, 0.3) is 0 Å². The summed E-state index contributed by atoms with van der Waals surface area (Å²) in [6, 6.07) is 29.2. The van der Waals surface area contributed by atoms with Gasteiger partial charge in [-0.2, -0.15) is 0 Å². The lowest BCUT2D eigenvalue weighted by atomic mass is 9.33. The van der Waals surface area contributed by atoms with E-state index < -0.39 is 0 Å². The van der Waals surface area contributed by atoms with Crippen LogP contribution in [0.2, 0.25) is 0 Å². The van der Waals surface area contributed by atoms with Crippen LogP contribution in [0.4, 0.5) is 28.4 Å². The molecule has 2 saturated carbocycles. The number of aryl methyl sites for hydroxylation is 1. The third-order valence-electron chi connectivity index (χ3n) is 13.8. The highest BCUT2D eigenvalue weighted by Gasteiger charge is 2.64. The van der Waals surface area contributed by atoms with Crippen molar-refractivity contribution >= 4 is 51.5 Å². The second-order valence-corrected chi connectivity index (χ2v) is 18.7. The smallest absolute Gasteiger partial charge is 0.252 e. The van der Waals surface area contributed by atoms with Crippen LogP contribution in [-0.4, -0.2) is 12.3 Å². The van der Waals surface area contributed by atoms with Crippen molar-refractivity contribution in [2.75, 3.05) is 9.80 Å². The highest BCUT2D eigenvalue weighted by atomic mass is 15.3. The Hall–Kier alpha value is -3.46. The van der Waals surface area contributed by atoms with Crippen LogP contribution in [0.1, 0.15) is 116 Å². The number of nitrogens with zero attached hydrogens (tertiary/aromatic N) is 2. The van der Waals surface area contributed by atoms with E-state index in [-0.39, 0.29) is 28.5 Å². The van der Waals surface area contributed by atoms with Crippen molar-refractivity contribution in [3.63, 3.8) is 0 Å². The number of hydrogen-bond acceptors (Lipinski definition) is 2. The number of fused-ring (bicyclic) bond motifs is 8. The van der Waals surface area contributed by atoms with E-state index in [9.17, 15) is 0 Å². The molecule has 4 aromatic rings. The van der Waals surface area contributed by atoms with Crippen LogP contribution in [0.5, 0.6) is 0 Å². The van der Waals surface area contributed by atoms with Crippen LogP contribution in [-0.2, 0) is 16.2 Å². The van der Waals surface area contributed by atoms with Gasteiger partial charge < -0.3 is 9.80 Å². The minimum atomic E-state index is 0.0448. The topological polar surface area (TPSA) is 6.48 Å². The third-order valence-corrected chi connectivity index (χ3v) is 13.8. The Morgan fingerprint density at radius 2 is 1.33 bits per heavy atom. The molecule has 5 aliphatic rings. The van der Waals surface area contributed by atoms with E-state index in [2.05, 4.69) is 145 Å². The summed E-state index contributed by atoms with van der Waals surface area (Å²) in [5.41, 5.74) is 17.5. The molecule has 2 fully saturated rings. The van der Waals surface area contributed by atoms with E-state index in [0.717, 1.165) is 11.8 Å². The van der Waals surface area contributed by atoms with Crippen molar-refractivity contribution in [1.82, 2.24) is 0 Å². The quantitative estimate of drug-likeness (QED) is 0.170. The minimum Gasteiger partial charge on any atom is -0.335 e. The van der Waals surface area contributed by atoms with Crippen LogP contribution < -0.4 is 26.2 Å². The molecule has 3 heteroatoms. The van der Waals surface area contributed by atoms with E-state index in [0.29, 0.717) is 0 Å². The summed E-state index contributed by atoms with van der Waals surface area (Å²) in [7, 11) is 0. The number of benzene rings is 4. The molecular weight excluding hydrogens is 579 g/mol. The zero-order chi connectivity index (χ0) is 33.5. The van der Waals surface area contributed by atoms with Gasteiger partial charge in [0, 0.05) is 33.9 Å². The molecule has 4 atom stereocenters. The Morgan fingerprint density at radius 3 is 2.02 bits per heavy atom. The van der Waals surface area contributed by atoms with Gasteiger partial charge in [-0.3, -0.25) is 0 Å². The molecule has 0 saturated heterocycles. The molecule has 0 spiro atoms. The average Bonchev–Trinajstić information content (AvgIpc) is 3.23. The normalized spacial score (nSPS) is 26.8. The highest BCUT2D eigenvalue weighted by Crippen LogP contribution is 2.65. The molecule has 4 unspecified atom stereocenters. The molecule has 9 rings (SSSR count). The molecule has 3 heterocycles.